The predicted octanol–water partition coefficient (Wildman–Crippen LogP) is 2.10. The van der Waals surface area contributed by atoms with E-state index in [-0.39, 0.29) is 6.42 Å². The summed E-state index contributed by atoms with van der Waals surface area (Å²) in [5.74, 6) is -1.23. The lowest BCUT2D eigenvalue weighted by atomic mass is 9.95. The van der Waals surface area contributed by atoms with E-state index in [9.17, 15) is 14.7 Å². The smallest absolute Gasteiger partial charge is 0.333 e. The van der Waals surface area contributed by atoms with Crippen molar-refractivity contribution in [3.05, 3.63) is 65.5 Å². The molecule has 0 bridgehead atoms. The molecule has 138 valence electrons. The van der Waals surface area contributed by atoms with Crippen LogP contribution in [0, 0.1) is 6.92 Å². The molecule has 0 aliphatic heterocycles. The van der Waals surface area contributed by atoms with Gasteiger partial charge in [0.25, 0.3) is 5.91 Å². The summed E-state index contributed by atoms with van der Waals surface area (Å²) >= 11 is 0. The van der Waals surface area contributed by atoms with Gasteiger partial charge in [-0.1, -0.05) is 36.4 Å². The Balaban J connectivity index is 2.09. The van der Waals surface area contributed by atoms with E-state index in [1.165, 1.54) is 14.0 Å². The highest BCUT2D eigenvalue weighted by atomic mass is 16.5. The molecule has 0 aliphatic rings. The molecule has 6 heteroatoms. The van der Waals surface area contributed by atoms with Gasteiger partial charge in [0.05, 0.1) is 7.11 Å². The van der Waals surface area contributed by atoms with E-state index in [1.807, 2.05) is 25.1 Å². The Morgan fingerprint density at radius 2 is 1.92 bits per heavy atom. The molecule has 26 heavy (non-hydrogen) atoms. The van der Waals surface area contributed by atoms with E-state index in [1.54, 1.807) is 30.5 Å². The van der Waals surface area contributed by atoms with Crippen molar-refractivity contribution in [2.75, 3.05) is 7.11 Å². The second-order valence-corrected chi connectivity index (χ2v) is 6.38. The molecule has 2 rings (SSSR count). The van der Waals surface area contributed by atoms with Gasteiger partial charge < -0.3 is 15.2 Å². The Hall–Kier alpha value is -2.73. The highest BCUT2D eigenvalue weighted by Crippen LogP contribution is 2.19. The van der Waals surface area contributed by atoms with Gasteiger partial charge in [0.1, 0.15) is 5.60 Å². The molecule has 1 aromatic carbocycles. The van der Waals surface area contributed by atoms with Crippen molar-refractivity contribution in [2.24, 2.45) is 0 Å². The van der Waals surface area contributed by atoms with Crippen molar-refractivity contribution in [1.29, 1.82) is 0 Å². The molecule has 0 unspecified atom stereocenters. The van der Waals surface area contributed by atoms with Crippen LogP contribution in [0.25, 0.3) is 0 Å². The van der Waals surface area contributed by atoms with E-state index in [4.69, 9.17) is 4.74 Å². The molecule has 1 heterocycles. The standard InChI is InChI=1S/C20H24N2O4/c1-14-8-7-13-21-16(14)11-12-20(2,25)19(24)22-17(18(23)26-3)15-9-5-4-6-10-15/h4-10,13,17,25H,11-12H2,1-3H3,(H,22,24)/t17-,20-/m0/s1. The second-order valence-electron chi connectivity index (χ2n) is 6.38. The quantitative estimate of drug-likeness (QED) is 0.742. The van der Waals surface area contributed by atoms with Crippen LogP contribution in [0.15, 0.2) is 48.7 Å². The molecule has 2 N–H and O–H groups in total. The maximum absolute atomic E-state index is 12.6. The number of benzene rings is 1. The molecule has 0 spiro atoms. The van der Waals surface area contributed by atoms with Gasteiger partial charge in [-0.2, -0.15) is 0 Å². The Labute approximate surface area is 153 Å². The molecule has 1 aromatic heterocycles. The fourth-order valence-corrected chi connectivity index (χ4v) is 2.58. The van der Waals surface area contributed by atoms with Crippen molar-refractivity contribution < 1.29 is 19.4 Å². The van der Waals surface area contributed by atoms with Gasteiger partial charge in [0.2, 0.25) is 0 Å². The lowest BCUT2D eigenvalue weighted by Crippen LogP contribution is -2.48. The summed E-state index contributed by atoms with van der Waals surface area (Å²) in [5, 5.41) is 13.2. The second kappa shape index (κ2) is 8.58. The molecule has 2 aromatic rings. The number of ether oxygens (including phenoxy) is 1. The minimum absolute atomic E-state index is 0.180. The maximum atomic E-state index is 12.6. The number of amides is 1. The summed E-state index contributed by atoms with van der Waals surface area (Å²) in [7, 11) is 1.26. The average molecular weight is 356 g/mol. The van der Waals surface area contributed by atoms with Crippen molar-refractivity contribution in [3.63, 3.8) is 0 Å². The number of nitrogens with zero attached hydrogens (tertiary/aromatic N) is 1. The van der Waals surface area contributed by atoms with Gasteiger partial charge in [0, 0.05) is 11.9 Å². The predicted molar refractivity (Wildman–Crippen MR) is 97.3 cm³/mol. The van der Waals surface area contributed by atoms with Crippen LogP contribution in [-0.4, -0.2) is 34.7 Å². The van der Waals surface area contributed by atoms with Gasteiger partial charge in [-0.05, 0) is 43.9 Å². The van der Waals surface area contributed by atoms with Crippen LogP contribution in [0.2, 0.25) is 0 Å². The number of esters is 1. The Kier molecular flexibility index (Phi) is 6.46. The number of nitrogens with one attached hydrogen (secondary N) is 1. The van der Waals surface area contributed by atoms with E-state index in [0.29, 0.717) is 12.0 Å². The zero-order valence-corrected chi connectivity index (χ0v) is 15.2. The van der Waals surface area contributed by atoms with Crippen molar-refractivity contribution in [2.45, 2.75) is 38.3 Å². The number of aliphatic hydroxyl groups is 1. The lowest BCUT2D eigenvalue weighted by Gasteiger charge is -2.25. The summed E-state index contributed by atoms with van der Waals surface area (Å²) in [5.41, 5.74) is 0.767. The topological polar surface area (TPSA) is 88.5 Å². The zero-order chi connectivity index (χ0) is 19.2. The molecule has 0 saturated carbocycles. The summed E-state index contributed by atoms with van der Waals surface area (Å²) < 4.78 is 4.78. The minimum Gasteiger partial charge on any atom is -0.467 e. The number of hydrogen-bond acceptors (Lipinski definition) is 5. The Morgan fingerprint density at radius 3 is 2.54 bits per heavy atom. The lowest BCUT2D eigenvalue weighted by molar-refractivity contribution is -0.149. The fourth-order valence-electron chi connectivity index (χ4n) is 2.58. The van der Waals surface area contributed by atoms with Crippen LogP contribution in [0.3, 0.4) is 0 Å². The number of aromatic nitrogens is 1. The molecule has 0 saturated heterocycles. The van der Waals surface area contributed by atoms with Crippen LogP contribution in [0.1, 0.15) is 36.2 Å². The first kappa shape index (κ1) is 19.6. The Bertz CT molecular complexity index is 759. The number of hydrogen-bond donors (Lipinski definition) is 2. The van der Waals surface area contributed by atoms with Crippen molar-refractivity contribution in [3.8, 4) is 0 Å². The maximum Gasteiger partial charge on any atom is 0.333 e. The van der Waals surface area contributed by atoms with E-state index >= 15 is 0 Å². The molecule has 0 aliphatic carbocycles. The van der Waals surface area contributed by atoms with Crippen LogP contribution < -0.4 is 5.32 Å². The Morgan fingerprint density at radius 1 is 1.23 bits per heavy atom. The molecule has 0 radical (unpaired) electrons. The molecule has 6 nitrogen and oxygen atoms in total. The van der Waals surface area contributed by atoms with Crippen LogP contribution in [0.4, 0.5) is 0 Å². The highest BCUT2D eigenvalue weighted by Gasteiger charge is 2.34. The van der Waals surface area contributed by atoms with E-state index < -0.39 is 23.5 Å². The monoisotopic (exact) mass is 356 g/mol. The summed E-state index contributed by atoms with van der Waals surface area (Å²) in [6, 6.07) is 11.6. The van der Waals surface area contributed by atoms with Crippen LogP contribution >= 0.6 is 0 Å². The van der Waals surface area contributed by atoms with Crippen LogP contribution in [-0.2, 0) is 20.7 Å². The average Bonchev–Trinajstić information content (AvgIpc) is 2.65. The molecule has 1 amide bonds. The molecule has 0 fully saturated rings. The number of carbonyl (C=O) groups is 2. The number of methoxy groups -OCH3 is 1. The third kappa shape index (κ3) is 4.89. The van der Waals surface area contributed by atoms with Gasteiger partial charge >= 0.3 is 5.97 Å². The van der Waals surface area contributed by atoms with Crippen LogP contribution in [0.5, 0.6) is 0 Å². The minimum atomic E-state index is -1.65. The number of carbonyl (C=O) groups excluding carboxylic acids is 2. The first-order valence-electron chi connectivity index (χ1n) is 8.42. The fraction of sp³-hybridized carbons (Fsp3) is 0.350. The third-order valence-electron chi connectivity index (χ3n) is 4.30. The normalized spacial score (nSPS) is 14.2. The SMILES string of the molecule is COC(=O)[C@@H](NC(=O)[C@@](C)(O)CCc1ncccc1C)c1ccccc1. The van der Waals surface area contributed by atoms with Gasteiger partial charge in [-0.25, -0.2) is 4.79 Å². The summed E-state index contributed by atoms with van der Waals surface area (Å²) in [6.07, 6.45) is 2.31. The first-order valence-corrected chi connectivity index (χ1v) is 8.42. The highest BCUT2D eigenvalue weighted by molar-refractivity contribution is 5.89. The molecular weight excluding hydrogens is 332 g/mol. The van der Waals surface area contributed by atoms with Gasteiger partial charge in [-0.15, -0.1) is 0 Å². The third-order valence-corrected chi connectivity index (χ3v) is 4.30. The first-order chi connectivity index (χ1) is 12.3. The van der Waals surface area contributed by atoms with E-state index in [0.717, 1.165) is 11.3 Å². The number of rotatable bonds is 7. The number of pyridine rings is 1. The van der Waals surface area contributed by atoms with Gasteiger partial charge in [0.15, 0.2) is 6.04 Å². The summed E-state index contributed by atoms with van der Waals surface area (Å²) in [4.78, 5) is 28.9. The van der Waals surface area contributed by atoms with Crippen molar-refractivity contribution in [1.82, 2.24) is 10.3 Å². The van der Waals surface area contributed by atoms with Gasteiger partial charge in [-0.3, -0.25) is 9.78 Å². The zero-order valence-electron chi connectivity index (χ0n) is 15.2. The number of aryl methyl sites for hydroxylation is 2. The molecule has 2 atom stereocenters. The van der Waals surface area contributed by atoms with Crippen molar-refractivity contribution >= 4 is 11.9 Å². The summed E-state index contributed by atoms with van der Waals surface area (Å²) in [6.45, 7) is 3.36. The van der Waals surface area contributed by atoms with E-state index in [2.05, 4.69) is 10.3 Å². The molecular formula is C20H24N2O4. The largest absolute Gasteiger partial charge is 0.467 e.